The van der Waals surface area contributed by atoms with Crippen molar-refractivity contribution in [2.45, 2.75) is 38.5 Å². The zero-order valence-corrected chi connectivity index (χ0v) is 21.1. The highest BCUT2D eigenvalue weighted by molar-refractivity contribution is 7.99. The summed E-state index contributed by atoms with van der Waals surface area (Å²) >= 11 is 1.70. The Morgan fingerprint density at radius 1 is 1.14 bits per heavy atom. The first kappa shape index (κ1) is 24.9. The lowest BCUT2D eigenvalue weighted by molar-refractivity contribution is -0.138. The van der Waals surface area contributed by atoms with Crippen molar-refractivity contribution in [3.8, 4) is 11.5 Å². The SMILES string of the molecule is CCSCCOC(=O)C1=C(C)NC2=C(C(=O)CC(c3ccc(OC)cc3)C2)C1c1cccc(O)c1. The molecule has 1 aliphatic heterocycles. The van der Waals surface area contributed by atoms with E-state index in [4.69, 9.17) is 9.47 Å². The number of carbonyl (C=O) groups is 2. The summed E-state index contributed by atoms with van der Waals surface area (Å²) in [6, 6.07) is 14.6. The van der Waals surface area contributed by atoms with E-state index in [0.717, 1.165) is 28.5 Å². The van der Waals surface area contributed by atoms with Gasteiger partial charge in [-0.25, -0.2) is 4.79 Å². The Balaban J connectivity index is 1.69. The molecule has 2 atom stereocenters. The molecule has 0 aromatic heterocycles. The van der Waals surface area contributed by atoms with Crippen LogP contribution in [0, 0.1) is 0 Å². The van der Waals surface area contributed by atoms with E-state index in [-0.39, 0.29) is 17.5 Å². The fourth-order valence-corrected chi connectivity index (χ4v) is 5.36. The van der Waals surface area contributed by atoms with Crippen LogP contribution < -0.4 is 10.1 Å². The summed E-state index contributed by atoms with van der Waals surface area (Å²) in [5.41, 5.74) is 4.28. The van der Waals surface area contributed by atoms with Crippen LogP contribution in [0.15, 0.2) is 71.1 Å². The van der Waals surface area contributed by atoms with Crippen LogP contribution in [0.25, 0.3) is 0 Å². The Labute approximate surface area is 210 Å². The highest BCUT2D eigenvalue weighted by Gasteiger charge is 2.41. The van der Waals surface area contributed by atoms with Gasteiger partial charge in [-0.2, -0.15) is 11.8 Å². The highest BCUT2D eigenvalue weighted by Crippen LogP contribution is 2.46. The van der Waals surface area contributed by atoms with E-state index >= 15 is 0 Å². The van der Waals surface area contributed by atoms with Gasteiger partial charge in [-0.1, -0.05) is 31.2 Å². The average Bonchev–Trinajstić information content (AvgIpc) is 2.85. The van der Waals surface area contributed by atoms with Gasteiger partial charge < -0.3 is 19.9 Å². The first-order valence-electron chi connectivity index (χ1n) is 11.8. The second-order valence-corrected chi connectivity index (χ2v) is 10.1. The lowest BCUT2D eigenvalue weighted by Gasteiger charge is -2.36. The summed E-state index contributed by atoms with van der Waals surface area (Å²) in [7, 11) is 1.63. The maximum Gasteiger partial charge on any atom is 0.336 e. The first-order valence-corrected chi connectivity index (χ1v) is 13.0. The Morgan fingerprint density at radius 2 is 1.91 bits per heavy atom. The lowest BCUT2D eigenvalue weighted by Crippen LogP contribution is -2.36. The molecule has 0 spiro atoms. The molecule has 0 saturated carbocycles. The number of rotatable bonds is 8. The third kappa shape index (κ3) is 5.40. The van der Waals surface area contributed by atoms with Crippen LogP contribution in [0.3, 0.4) is 0 Å². The van der Waals surface area contributed by atoms with Gasteiger partial charge in [-0.3, -0.25) is 4.79 Å². The monoisotopic (exact) mass is 493 g/mol. The van der Waals surface area contributed by atoms with E-state index in [2.05, 4.69) is 12.2 Å². The second kappa shape index (κ2) is 11.0. The smallest absolute Gasteiger partial charge is 0.336 e. The zero-order chi connectivity index (χ0) is 24.9. The molecule has 0 bridgehead atoms. The molecule has 2 N–H and O–H groups in total. The summed E-state index contributed by atoms with van der Waals surface area (Å²) in [5, 5.41) is 13.5. The van der Waals surface area contributed by atoms with Crippen LogP contribution >= 0.6 is 11.8 Å². The molecule has 7 heteroatoms. The summed E-state index contributed by atoms with van der Waals surface area (Å²) < 4.78 is 10.9. The van der Waals surface area contributed by atoms with E-state index in [0.29, 0.717) is 41.9 Å². The lowest BCUT2D eigenvalue weighted by atomic mass is 9.71. The summed E-state index contributed by atoms with van der Waals surface area (Å²) in [6.45, 7) is 4.21. The number of phenolic OH excluding ortho intramolecular Hbond substituents is 1. The van der Waals surface area contributed by atoms with E-state index in [9.17, 15) is 14.7 Å². The van der Waals surface area contributed by atoms with Crippen LogP contribution in [-0.2, 0) is 14.3 Å². The van der Waals surface area contributed by atoms with E-state index in [1.54, 1.807) is 37.1 Å². The summed E-state index contributed by atoms with van der Waals surface area (Å²) in [4.78, 5) is 26.8. The third-order valence-corrected chi connectivity index (χ3v) is 7.37. The molecule has 6 nitrogen and oxygen atoms in total. The van der Waals surface area contributed by atoms with Gasteiger partial charge >= 0.3 is 5.97 Å². The van der Waals surface area contributed by atoms with Gasteiger partial charge in [0.25, 0.3) is 0 Å². The molecule has 2 unspecified atom stereocenters. The van der Waals surface area contributed by atoms with Crippen molar-refractivity contribution >= 4 is 23.5 Å². The number of esters is 1. The molecular weight excluding hydrogens is 462 g/mol. The number of Topliss-reactive ketones (excluding diaryl/α,β-unsaturated/α-hetero) is 1. The number of nitrogens with one attached hydrogen (secondary N) is 1. The van der Waals surface area contributed by atoms with Gasteiger partial charge in [0.2, 0.25) is 0 Å². The molecule has 2 aromatic rings. The van der Waals surface area contributed by atoms with E-state index < -0.39 is 11.9 Å². The van der Waals surface area contributed by atoms with Crippen LogP contribution in [0.4, 0.5) is 0 Å². The minimum Gasteiger partial charge on any atom is -0.508 e. The van der Waals surface area contributed by atoms with Gasteiger partial charge in [-0.05, 0) is 60.4 Å². The normalized spacial score (nSPS) is 19.8. The standard InChI is InChI=1S/C28H31NO5S/c1-4-35-13-12-34-28(32)25-17(2)29-23-15-20(18-8-10-22(33-3)11-9-18)16-24(31)27(23)26(25)19-6-5-7-21(30)14-19/h5-11,14,20,26,29-30H,4,12-13,15-16H2,1-3H3. The van der Waals surface area contributed by atoms with Crippen LogP contribution in [0.5, 0.6) is 11.5 Å². The molecule has 1 aliphatic carbocycles. The quantitative estimate of drug-likeness (QED) is 0.393. The van der Waals surface area contributed by atoms with Crippen molar-refractivity contribution in [2.75, 3.05) is 25.2 Å². The molecule has 0 fully saturated rings. The molecule has 0 saturated heterocycles. The Kier molecular flexibility index (Phi) is 7.86. The number of allylic oxidation sites excluding steroid dienone is 3. The highest BCUT2D eigenvalue weighted by atomic mass is 32.2. The molecular formula is C28H31NO5S. The van der Waals surface area contributed by atoms with Gasteiger partial charge in [-0.15, -0.1) is 0 Å². The maximum absolute atomic E-state index is 13.6. The number of hydrogen-bond acceptors (Lipinski definition) is 7. The van der Waals surface area contributed by atoms with Crippen LogP contribution in [-0.4, -0.2) is 42.1 Å². The van der Waals surface area contributed by atoms with E-state index in [1.807, 2.05) is 37.3 Å². The number of ketones is 1. The van der Waals surface area contributed by atoms with Crippen molar-refractivity contribution in [3.63, 3.8) is 0 Å². The molecule has 2 aliphatic rings. The minimum absolute atomic E-state index is 0.00718. The molecule has 35 heavy (non-hydrogen) atoms. The number of phenols is 1. The van der Waals surface area contributed by atoms with Crippen LogP contribution in [0.2, 0.25) is 0 Å². The molecule has 0 radical (unpaired) electrons. The van der Waals surface area contributed by atoms with Crippen LogP contribution in [0.1, 0.15) is 49.7 Å². The topological polar surface area (TPSA) is 84.9 Å². The Bertz CT molecular complexity index is 1170. The second-order valence-electron chi connectivity index (χ2n) is 8.72. The largest absolute Gasteiger partial charge is 0.508 e. The zero-order valence-electron chi connectivity index (χ0n) is 20.3. The van der Waals surface area contributed by atoms with Crippen molar-refractivity contribution < 1.29 is 24.2 Å². The number of ether oxygens (including phenoxy) is 2. The summed E-state index contributed by atoms with van der Waals surface area (Å²) in [5.74, 6) is 1.53. The Hall–Kier alpha value is -3.19. The molecule has 2 aromatic carbocycles. The number of benzene rings is 2. The van der Waals surface area contributed by atoms with Crippen molar-refractivity contribution in [2.24, 2.45) is 0 Å². The van der Waals surface area contributed by atoms with E-state index in [1.165, 1.54) is 0 Å². The van der Waals surface area contributed by atoms with Crippen molar-refractivity contribution in [1.29, 1.82) is 0 Å². The molecule has 184 valence electrons. The molecule has 1 heterocycles. The molecule has 4 rings (SSSR count). The van der Waals surface area contributed by atoms with Crippen molar-refractivity contribution in [1.82, 2.24) is 5.32 Å². The Morgan fingerprint density at radius 3 is 2.60 bits per heavy atom. The van der Waals surface area contributed by atoms with Gasteiger partial charge in [0.1, 0.15) is 18.1 Å². The number of hydrogen-bond donors (Lipinski definition) is 2. The van der Waals surface area contributed by atoms with Crippen molar-refractivity contribution in [3.05, 3.63) is 82.2 Å². The fraction of sp³-hybridized carbons (Fsp3) is 0.357. The summed E-state index contributed by atoms with van der Waals surface area (Å²) in [6.07, 6.45) is 0.992. The van der Waals surface area contributed by atoms with Gasteiger partial charge in [0.15, 0.2) is 5.78 Å². The first-order chi connectivity index (χ1) is 16.9. The average molecular weight is 494 g/mol. The number of methoxy groups -OCH3 is 1. The number of aromatic hydroxyl groups is 1. The minimum atomic E-state index is -0.589. The number of dihydropyridines is 1. The molecule has 0 amide bonds. The predicted octanol–water partition coefficient (Wildman–Crippen LogP) is 5.06. The number of thioether (sulfide) groups is 1. The predicted molar refractivity (Wildman–Crippen MR) is 138 cm³/mol. The maximum atomic E-state index is 13.6. The van der Waals surface area contributed by atoms with Gasteiger partial charge in [0, 0.05) is 35.1 Å². The number of carbonyl (C=O) groups excluding carboxylic acids is 2. The van der Waals surface area contributed by atoms with Gasteiger partial charge in [0.05, 0.1) is 12.7 Å². The fourth-order valence-electron chi connectivity index (χ4n) is 4.87. The third-order valence-electron chi connectivity index (χ3n) is 6.50.